The lowest BCUT2D eigenvalue weighted by Crippen LogP contribution is -2.10. The van der Waals surface area contributed by atoms with Gasteiger partial charge in [-0.3, -0.25) is 0 Å². The van der Waals surface area contributed by atoms with Crippen molar-refractivity contribution >= 4 is 22.6 Å². The molecule has 2 aromatic rings. The number of alkyl halides is 1. The van der Waals surface area contributed by atoms with Crippen molar-refractivity contribution in [2.24, 2.45) is 5.92 Å². The predicted molar refractivity (Wildman–Crippen MR) is 78.2 cm³/mol. The van der Waals surface area contributed by atoms with Gasteiger partial charge in [-0.15, -0.1) is 11.6 Å². The number of aryl methyl sites for hydroxylation is 1. The molecule has 1 aromatic heterocycles. The minimum atomic E-state index is -0.0548. The first-order chi connectivity index (χ1) is 8.54. The van der Waals surface area contributed by atoms with Crippen molar-refractivity contribution in [2.75, 3.05) is 0 Å². The second-order valence-corrected chi connectivity index (χ2v) is 5.81. The van der Waals surface area contributed by atoms with Gasteiger partial charge in [-0.25, -0.2) is 4.98 Å². The number of rotatable bonds is 4. The van der Waals surface area contributed by atoms with Crippen molar-refractivity contribution in [3.8, 4) is 0 Å². The molecule has 0 amide bonds. The van der Waals surface area contributed by atoms with Crippen LogP contribution in [0.1, 0.15) is 44.0 Å². The van der Waals surface area contributed by atoms with Crippen LogP contribution in [-0.4, -0.2) is 9.55 Å². The number of halogens is 1. The third-order valence-corrected chi connectivity index (χ3v) is 3.75. The maximum absolute atomic E-state index is 6.28. The van der Waals surface area contributed by atoms with Gasteiger partial charge in [0.25, 0.3) is 0 Å². The van der Waals surface area contributed by atoms with E-state index in [9.17, 15) is 0 Å². The molecule has 2 atom stereocenters. The van der Waals surface area contributed by atoms with E-state index in [1.54, 1.807) is 0 Å². The molecule has 18 heavy (non-hydrogen) atoms. The zero-order chi connectivity index (χ0) is 13.3. The molecule has 1 heterocycles. The van der Waals surface area contributed by atoms with E-state index in [1.165, 1.54) is 17.5 Å². The average molecular weight is 265 g/mol. The Labute approximate surface area is 114 Å². The topological polar surface area (TPSA) is 17.8 Å². The van der Waals surface area contributed by atoms with Gasteiger partial charge in [0.05, 0.1) is 16.4 Å². The summed E-state index contributed by atoms with van der Waals surface area (Å²) in [6, 6.07) is 6.33. The second-order valence-electron chi connectivity index (χ2n) is 5.15. The summed E-state index contributed by atoms with van der Waals surface area (Å²) in [5.74, 6) is 1.62. The van der Waals surface area contributed by atoms with Crippen molar-refractivity contribution in [3.05, 3.63) is 29.6 Å². The molecule has 0 radical (unpaired) electrons. The van der Waals surface area contributed by atoms with E-state index in [2.05, 4.69) is 43.5 Å². The number of benzene rings is 1. The van der Waals surface area contributed by atoms with E-state index < -0.39 is 0 Å². The molecule has 3 heteroatoms. The minimum absolute atomic E-state index is 0.0548. The molecule has 2 nitrogen and oxygen atoms in total. The maximum atomic E-state index is 6.28. The van der Waals surface area contributed by atoms with Gasteiger partial charge in [-0.05, 0) is 31.4 Å². The monoisotopic (exact) mass is 264 g/mol. The molecular weight excluding hydrogens is 244 g/mol. The van der Waals surface area contributed by atoms with Crippen molar-refractivity contribution in [2.45, 2.75) is 46.0 Å². The van der Waals surface area contributed by atoms with E-state index in [4.69, 9.17) is 16.6 Å². The first kappa shape index (κ1) is 13.4. The largest absolute Gasteiger partial charge is 0.326 e. The van der Waals surface area contributed by atoms with E-state index in [0.29, 0.717) is 5.92 Å². The number of aromatic nitrogens is 2. The van der Waals surface area contributed by atoms with Crippen LogP contribution in [0, 0.1) is 12.8 Å². The van der Waals surface area contributed by atoms with Crippen molar-refractivity contribution in [3.63, 3.8) is 0 Å². The molecule has 0 aliphatic heterocycles. The number of para-hydroxylation sites is 1. The van der Waals surface area contributed by atoms with Gasteiger partial charge in [0.1, 0.15) is 5.82 Å². The first-order valence-electron chi connectivity index (χ1n) is 6.64. The molecule has 98 valence electrons. The van der Waals surface area contributed by atoms with Gasteiger partial charge in [-0.2, -0.15) is 0 Å². The molecule has 0 saturated carbocycles. The molecule has 0 N–H and O–H groups in total. The van der Waals surface area contributed by atoms with Crippen molar-refractivity contribution in [1.82, 2.24) is 9.55 Å². The zero-order valence-electron chi connectivity index (χ0n) is 11.6. The van der Waals surface area contributed by atoms with Gasteiger partial charge < -0.3 is 4.57 Å². The smallest absolute Gasteiger partial charge is 0.127 e. The number of nitrogens with zero attached hydrogens (tertiary/aromatic N) is 2. The summed E-state index contributed by atoms with van der Waals surface area (Å²) in [6.07, 6.45) is 1.17. The molecule has 0 bridgehead atoms. The molecular formula is C15H21ClN2. The molecule has 2 rings (SSSR count). The lowest BCUT2D eigenvalue weighted by atomic mass is 10.1. The summed E-state index contributed by atoms with van der Waals surface area (Å²) in [4.78, 5) is 4.73. The Morgan fingerprint density at radius 2 is 2.06 bits per heavy atom. The van der Waals surface area contributed by atoms with E-state index in [0.717, 1.165) is 17.9 Å². The highest BCUT2D eigenvalue weighted by Gasteiger charge is 2.16. The van der Waals surface area contributed by atoms with Gasteiger partial charge in [-0.1, -0.05) is 32.4 Å². The lowest BCUT2D eigenvalue weighted by Gasteiger charge is -2.14. The Bertz CT molecular complexity index is 543. The highest BCUT2D eigenvalue weighted by atomic mass is 35.5. The summed E-state index contributed by atoms with van der Waals surface area (Å²) in [5, 5.41) is -0.0548. The van der Waals surface area contributed by atoms with Gasteiger partial charge in [0.15, 0.2) is 0 Å². The molecule has 0 saturated heterocycles. The Balaban J connectivity index is 2.59. The molecule has 2 unspecified atom stereocenters. The van der Waals surface area contributed by atoms with Crippen LogP contribution in [0.25, 0.3) is 11.0 Å². The Morgan fingerprint density at radius 1 is 1.33 bits per heavy atom. The SMILES string of the molecule is CCC(C)Cn1c(C(C)Cl)nc2c(C)cccc21. The van der Waals surface area contributed by atoms with E-state index in [-0.39, 0.29) is 5.38 Å². The summed E-state index contributed by atoms with van der Waals surface area (Å²) in [7, 11) is 0. The van der Waals surface area contributed by atoms with Crippen LogP contribution in [0.3, 0.4) is 0 Å². The average Bonchev–Trinajstić information content (AvgIpc) is 2.70. The summed E-state index contributed by atoms with van der Waals surface area (Å²) >= 11 is 6.28. The third kappa shape index (κ3) is 2.39. The highest BCUT2D eigenvalue weighted by molar-refractivity contribution is 6.20. The van der Waals surface area contributed by atoms with E-state index in [1.807, 2.05) is 6.92 Å². The van der Waals surface area contributed by atoms with Crippen LogP contribution in [0.5, 0.6) is 0 Å². The minimum Gasteiger partial charge on any atom is -0.326 e. The maximum Gasteiger partial charge on any atom is 0.127 e. The molecule has 0 spiro atoms. The van der Waals surface area contributed by atoms with Gasteiger partial charge in [0, 0.05) is 6.54 Å². The van der Waals surface area contributed by atoms with Crippen LogP contribution in [0.2, 0.25) is 0 Å². The zero-order valence-corrected chi connectivity index (χ0v) is 12.3. The van der Waals surface area contributed by atoms with Crippen molar-refractivity contribution in [1.29, 1.82) is 0 Å². The van der Waals surface area contributed by atoms with Crippen LogP contribution in [0.15, 0.2) is 18.2 Å². The van der Waals surface area contributed by atoms with Crippen molar-refractivity contribution < 1.29 is 0 Å². The summed E-state index contributed by atoms with van der Waals surface area (Å²) in [6.45, 7) is 9.57. The van der Waals surface area contributed by atoms with Crippen LogP contribution >= 0.6 is 11.6 Å². The summed E-state index contributed by atoms with van der Waals surface area (Å²) in [5.41, 5.74) is 3.51. The van der Waals surface area contributed by atoms with Crippen LogP contribution in [-0.2, 0) is 6.54 Å². The standard InChI is InChI=1S/C15H21ClN2/c1-5-10(2)9-18-13-8-6-7-11(3)14(13)17-15(18)12(4)16/h6-8,10,12H,5,9H2,1-4H3. The summed E-state index contributed by atoms with van der Waals surface area (Å²) < 4.78 is 2.29. The normalized spacial score (nSPS) is 14.9. The van der Waals surface area contributed by atoms with Crippen LogP contribution in [0.4, 0.5) is 0 Å². The van der Waals surface area contributed by atoms with E-state index >= 15 is 0 Å². The fourth-order valence-electron chi connectivity index (χ4n) is 2.24. The number of hydrogen-bond donors (Lipinski definition) is 0. The Kier molecular flexibility index (Phi) is 3.96. The number of fused-ring (bicyclic) bond motifs is 1. The second kappa shape index (κ2) is 5.31. The first-order valence-corrected chi connectivity index (χ1v) is 7.08. The molecule has 1 aromatic carbocycles. The quantitative estimate of drug-likeness (QED) is 0.733. The fourth-order valence-corrected chi connectivity index (χ4v) is 2.41. The van der Waals surface area contributed by atoms with Crippen LogP contribution < -0.4 is 0 Å². The molecule has 0 aliphatic rings. The van der Waals surface area contributed by atoms with Gasteiger partial charge in [0.2, 0.25) is 0 Å². The molecule has 0 aliphatic carbocycles. The highest BCUT2D eigenvalue weighted by Crippen LogP contribution is 2.27. The Morgan fingerprint density at radius 3 is 2.67 bits per heavy atom. The number of hydrogen-bond acceptors (Lipinski definition) is 1. The third-order valence-electron chi connectivity index (χ3n) is 3.56. The Hall–Kier alpha value is -1.02. The predicted octanol–water partition coefficient (Wildman–Crippen LogP) is 4.69. The molecule has 0 fully saturated rings. The fraction of sp³-hybridized carbons (Fsp3) is 0.533. The number of imidazole rings is 1. The van der Waals surface area contributed by atoms with Gasteiger partial charge >= 0.3 is 0 Å². The lowest BCUT2D eigenvalue weighted by molar-refractivity contribution is 0.465.